The second-order valence-corrected chi connectivity index (χ2v) is 8.57. The van der Waals surface area contributed by atoms with Crippen LogP contribution in [0, 0.1) is 5.41 Å². The molecule has 5 N–H and O–H groups in total. The SMILES string of the molecule is N=Cc1ccc(Nc2ncccc2C(=O)Nc2ccc(C(F)(F)F)c(OCCN3CCCC3)c2)cc1N. The van der Waals surface area contributed by atoms with E-state index < -0.39 is 17.6 Å². The fourth-order valence-electron chi connectivity index (χ4n) is 4.05. The molecule has 0 spiro atoms. The van der Waals surface area contributed by atoms with Crippen LogP contribution in [0.1, 0.15) is 34.3 Å². The number of alkyl halides is 3. The number of hydrogen-bond acceptors (Lipinski definition) is 7. The van der Waals surface area contributed by atoms with Gasteiger partial charge in [0, 0.05) is 47.6 Å². The van der Waals surface area contributed by atoms with E-state index in [1.165, 1.54) is 24.4 Å². The number of nitrogen functional groups attached to an aromatic ring is 1. The fraction of sp³-hybridized carbons (Fsp3) is 0.269. The molecule has 2 heterocycles. The van der Waals surface area contributed by atoms with Crippen molar-refractivity contribution in [3.8, 4) is 5.75 Å². The van der Waals surface area contributed by atoms with Gasteiger partial charge in [-0.15, -0.1) is 0 Å². The lowest BCUT2D eigenvalue weighted by Gasteiger charge is -2.18. The molecule has 1 aliphatic rings. The lowest BCUT2D eigenvalue weighted by Crippen LogP contribution is -2.25. The minimum Gasteiger partial charge on any atom is -0.492 e. The van der Waals surface area contributed by atoms with E-state index in [1.807, 2.05) is 0 Å². The van der Waals surface area contributed by atoms with Gasteiger partial charge in [-0.1, -0.05) is 0 Å². The third-order valence-corrected chi connectivity index (χ3v) is 5.97. The molecule has 1 amide bonds. The minimum absolute atomic E-state index is 0.108. The van der Waals surface area contributed by atoms with Crippen molar-refractivity contribution < 1.29 is 22.7 Å². The Balaban J connectivity index is 1.51. The van der Waals surface area contributed by atoms with Gasteiger partial charge in [-0.2, -0.15) is 13.2 Å². The zero-order valence-corrected chi connectivity index (χ0v) is 19.9. The van der Waals surface area contributed by atoms with Gasteiger partial charge in [-0.3, -0.25) is 9.69 Å². The number of anilines is 4. The Labute approximate surface area is 212 Å². The molecule has 3 aromatic rings. The molecule has 0 radical (unpaired) electrons. The summed E-state index contributed by atoms with van der Waals surface area (Å²) in [7, 11) is 0. The highest BCUT2D eigenvalue weighted by atomic mass is 19.4. The molecule has 1 fully saturated rings. The summed E-state index contributed by atoms with van der Waals surface area (Å²) >= 11 is 0. The van der Waals surface area contributed by atoms with Gasteiger partial charge in [0.2, 0.25) is 0 Å². The third kappa shape index (κ3) is 6.56. The summed E-state index contributed by atoms with van der Waals surface area (Å²) in [6, 6.07) is 11.3. The van der Waals surface area contributed by atoms with Crippen LogP contribution in [0.2, 0.25) is 0 Å². The largest absolute Gasteiger partial charge is 0.492 e. The van der Waals surface area contributed by atoms with Crippen LogP contribution in [0.15, 0.2) is 54.7 Å². The summed E-state index contributed by atoms with van der Waals surface area (Å²) in [6.45, 7) is 2.46. The van der Waals surface area contributed by atoms with Crippen molar-refractivity contribution in [2.24, 2.45) is 0 Å². The molecule has 0 bridgehead atoms. The summed E-state index contributed by atoms with van der Waals surface area (Å²) in [5.41, 5.74) is 6.84. The number of amides is 1. The Morgan fingerprint density at radius 1 is 1.14 bits per heavy atom. The van der Waals surface area contributed by atoms with Crippen molar-refractivity contribution >= 4 is 35.0 Å². The highest BCUT2D eigenvalue weighted by molar-refractivity contribution is 6.08. The predicted molar refractivity (Wildman–Crippen MR) is 137 cm³/mol. The molecule has 1 saturated heterocycles. The normalized spacial score (nSPS) is 13.8. The number of rotatable bonds is 9. The molecule has 0 unspecified atom stereocenters. The quantitative estimate of drug-likeness (QED) is 0.233. The topological polar surface area (TPSA) is 116 Å². The number of aromatic nitrogens is 1. The average Bonchev–Trinajstić information content (AvgIpc) is 3.37. The first-order chi connectivity index (χ1) is 17.7. The summed E-state index contributed by atoms with van der Waals surface area (Å²) < 4.78 is 46.2. The van der Waals surface area contributed by atoms with Crippen molar-refractivity contribution in [2.75, 3.05) is 42.6 Å². The standard InChI is InChI=1S/C26H27F3N6O2/c27-26(28,29)21-8-7-19(15-23(21)37-13-12-35-10-1-2-11-35)34-25(36)20-4-3-9-32-24(20)33-18-6-5-17(16-30)22(31)14-18/h3-9,14-16,30H,1-2,10-13,31H2,(H,32,33)(H,34,36). The van der Waals surface area contributed by atoms with Crippen molar-refractivity contribution in [2.45, 2.75) is 19.0 Å². The van der Waals surface area contributed by atoms with Crippen molar-refractivity contribution in [1.29, 1.82) is 5.41 Å². The molecule has 1 aromatic heterocycles. The van der Waals surface area contributed by atoms with E-state index in [2.05, 4.69) is 20.5 Å². The molecule has 0 saturated carbocycles. The molecule has 1 aliphatic heterocycles. The number of nitrogens with zero attached hydrogens (tertiary/aromatic N) is 2. The maximum absolute atomic E-state index is 13.6. The smallest absolute Gasteiger partial charge is 0.419 e. The number of hydrogen-bond donors (Lipinski definition) is 4. The van der Waals surface area contributed by atoms with Gasteiger partial charge in [-0.25, -0.2) is 4.98 Å². The summed E-state index contributed by atoms with van der Waals surface area (Å²) in [5, 5.41) is 13.0. The molecular weight excluding hydrogens is 485 g/mol. The number of carbonyl (C=O) groups excluding carboxylic acids is 1. The number of ether oxygens (including phenoxy) is 1. The molecule has 0 aliphatic carbocycles. The number of halogens is 3. The second kappa shape index (κ2) is 11.3. The van der Waals surface area contributed by atoms with E-state index >= 15 is 0 Å². The van der Waals surface area contributed by atoms with Gasteiger partial charge >= 0.3 is 6.18 Å². The maximum Gasteiger partial charge on any atom is 0.419 e. The third-order valence-electron chi connectivity index (χ3n) is 5.97. The molecule has 8 nitrogen and oxygen atoms in total. The molecule has 0 atom stereocenters. The van der Waals surface area contributed by atoms with Crippen LogP contribution in [0.4, 0.5) is 36.1 Å². The number of pyridine rings is 1. The molecule has 37 heavy (non-hydrogen) atoms. The van der Waals surface area contributed by atoms with Crippen molar-refractivity contribution in [3.63, 3.8) is 0 Å². The zero-order chi connectivity index (χ0) is 26.4. The van der Waals surface area contributed by atoms with E-state index in [0.29, 0.717) is 23.5 Å². The van der Waals surface area contributed by atoms with E-state index in [1.54, 1.807) is 24.3 Å². The van der Waals surface area contributed by atoms with Crippen molar-refractivity contribution in [3.05, 3.63) is 71.4 Å². The van der Waals surface area contributed by atoms with E-state index in [9.17, 15) is 18.0 Å². The summed E-state index contributed by atoms with van der Waals surface area (Å²) in [6.07, 6.45) is 0.180. The number of likely N-dealkylation sites (tertiary alicyclic amines) is 1. The molecule has 4 rings (SSSR count). The van der Waals surface area contributed by atoms with Gasteiger partial charge in [0.05, 0.1) is 11.1 Å². The lowest BCUT2D eigenvalue weighted by atomic mass is 10.1. The molecule has 11 heteroatoms. The van der Waals surface area contributed by atoms with Crippen LogP contribution < -0.4 is 21.1 Å². The number of nitrogens with two attached hydrogens (primary N) is 1. The van der Waals surface area contributed by atoms with Crippen LogP contribution in [0.25, 0.3) is 0 Å². The number of nitrogens with one attached hydrogen (secondary N) is 3. The Bertz CT molecular complexity index is 1280. The first kappa shape index (κ1) is 26.0. The first-order valence-corrected chi connectivity index (χ1v) is 11.7. The Kier molecular flexibility index (Phi) is 7.92. The van der Waals surface area contributed by atoms with Gasteiger partial charge in [-0.05, 0) is 68.4 Å². The van der Waals surface area contributed by atoms with Gasteiger partial charge in [0.25, 0.3) is 5.91 Å². The van der Waals surface area contributed by atoms with Gasteiger partial charge < -0.3 is 26.5 Å². The number of carbonyl (C=O) groups is 1. The highest BCUT2D eigenvalue weighted by Crippen LogP contribution is 2.38. The van der Waals surface area contributed by atoms with Crippen molar-refractivity contribution in [1.82, 2.24) is 9.88 Å². The second-order valence-electron chi connectivity index (χ2n) is 8.57. The fourth-order valence-corrected chi connectivity index (χ4v) is 4.05. The van der Waals surface area contributed by atoms with Gasteiger partial charge in [0.15, 0.2) is 0 Å². The van der Waals surface area contributed by atoms with Gasteiger partial charge in [0.1, 0.15) is 18.2 Å². The maximum atomic E-state index is 13.6. The van der Waals surface area contributed by atoms with Crippen LogP contribution in [-0.2, 0) is 6.18 Å². The molecule has 194 valence electrons. The van der Waals surface area contributed by atoms with E-state index in [-0.39, 0.29) is 29.4 Å². The zero-order valence-electron chi connectivity index (χ0n) is 19.9. The van der Waals surface area contributed by atoms with Crippen LogP contribution in [0.3, 0.4) is 0 Å². The van der Waals surface area contributed by atoms with E-state index in [0.717, 1.165) is 38.2 Å². The van der Waals surface area contributed by atoms with Crippen LogP contribution >= 0.6 is 0 Å². The number of benzene rings is 2. The molecular formula is C26H27F3N6O2. The minimum atomic E-state index is -4.60. The Morgan fingerprint density at radius 3 is 2.59 bits per heavy atom. The molecule has 2 aromatic carbocycles. The highest BCUT2D eigenvalue weighted by Gasteiger charge is 2.34. The lowest BCUT2D eigenvalue weighted by molar-refractivity contribution is -0.138. The van der Waals surface area contributed by atoms with E-state index in [4.69, 9.17) is 15.9 Å². The summed E-state index contributed by atoms with van der Waals surface area (Å²) in [5.74, 6) is -0.672. The average molecular weight is 513 g/mol. The Hall–Kier alpha value is -4.12. The summed E-state index contributed by atoms with van der Waals surface area (Å²) in [4.78, 5) is 19.4. The van der Waals surface area contributed by atoms with Crippen LogP contribution in [0.5, 0.6) is 5.75 Å². The predicted octanol–water partition coefficient (Wildman–Crippen LogP) is 5.15. The monoisotopic (exact) mass is 512 g/mol. The Morgan fingerprint density at radius 2 is 1.89 bits per heavy atom. The van der Waals surface area contributed by atoms with Crippen LogP contribution in [-0.4, -0.2) is 48.2 Å². The first-order valence-electron chi connectivity index (χ1n) is 11.7.